The van der Waals surface area contributed by atoms with Crippen LogP contribution >= 0.6 is 23.2 Å². The van der Waals surface area contributed by atoms with Crippen LogP contribution in [0.1, 0.15) is 25.7 Å². The number of rotatable bonds is 3. The number of nitrogens with zero attached hydrogens (tertiary/aromatic N) is 2. The van der Waals surface area contributed by atoms with Crippen molar-refractivity contribution in [2.45, 2.75) is 31.7 Å². The van der Waals surface area contributed by atoms with E-state index in [1.165, 1.54) is 12.1 Å². The Balaban J connectivity index is 2.33. The summed E-state index contributed by atoms with van der Waals surface area (Å²) in [5.74, 6) is 0.248. The normalized spacial score (nSPS) is 16.2. The number of halogens is 2. The highest BCUT2D eigenvalue weighted by molar-refractivity contribution is 6.42. The molecule has 1 aromatic rings. The molecule has 5 nitrogen and oxygen atoms in total. The van der Waals surface area contributed by atoms with Gasteiger partial charge in [0.15, 0.2) is 0 Å². The average molecular weight is 317 g/mol. The van der Waals surface area contributed by atoms with Crippen LogP contribution in [-0.4, -0.2) is 23.8 Å². The number of carbonyl (C=O) groups is 1. The Morgan fingerprint density at radius 2 is 1.80 bits per heavy atom. The molecule has 0 heterocycles. The number of anilines is 1. The molecule has 0 atom stereocenters. The first kappa shape index (κ1) is 15.1. The van der Waals surface area contributed by atoms with Gasteiger partial charge in [0.1, 0.15) is 11.5 Å². The lowest BCUT2D eigenvalue weighted by atomic mass is 9.93. The van der Waals surface area contributed by atoms with Gasteiger partial charge in [-0.3, -0.25) is 14.9 Å². The number of carbonyl (C=O) groups excluding carboxylic acids is 1. The summed E-state index contributed by atoms with van der Waals surface area (Å²) in [7, 11) is 1.78. The minimum Gasteiger partial charge on any atom is -0.366 e. The molecule has 1 aromatic carbocycles. The summed E-state index contributed by atoms with van der Waals surface area (Å²) in [4.78, 5) is 23.8. The minimum atomic E-state index is -0.470. The van der Waals surface area contributed by atoms with Crippen molar-refractivity contribution in [3.8, 4) is 0 Å². The molecule has 20 heavy (non-hydrogen) atoms. The number of ketones is 1. The molecule has 0 bridgehead atoms. The van der Waals surface area contributed by atoms with Gasteiger partial charge >= 0.3 is 0 Å². The lowest BCUT2D eigenvalue weighted by Gasteiger charge is -2.32. The van der Waals surface area contributed by atoms with E-state index in [4.69, 9.17) is 23.2 Å². The maximum Gasteiger partial charge on any atom is 0.294 e. The molecule has 108 valence electrons. The van der Waals surface area contributed by atoms with Crippen LogP contribution in [0.25, 0.3) is 0 Å². The molecule has 1 aliphatic carbocycles. The van der Waals surface area contributed by atoms with Crippen LogP contribution in [0.15, 0.2) is 12.1 Å². The van der Waals surface area contributed by atoms with Crippen molar-refractivity contribution in [2.75, 3.05) is 11.9 Å². The van der Waals surface area contributed by atoms with E-state index in [-0.39, 0.29) is 27.6 Å². The molecule has 0 unspecified atom stereocenters. The van der Waals surface area contributed by atoms with Crippen LogP contribution in [0, 0.1) is 10.1 Å². The van der Waals surface area contributed by atoms with Crippen molar-refractivity contribution in [1.82, 2.24) is 0 Å². The number of hydrogen-bond acceptors (Lipinski definition) is 4. The molecule has 1 fully saturated rings. The molecule has 0 amide bonds. The standard InChI is InChI=1S/C13H14Cl2N2O3/c1-16(8-2-4-9(18)5-3-8)12-6-10(14)11(15)7-13(12)17(19)20/h6-8H,2-5H2,1H3. The SMILES string of the molecule is CN(c1cc(Cl)c(Cl)cc1[N+](=O)[O-])C1CCC(=O)CC1. The quantitative estimate of drug-likeness (QED) is 0.627. The Morgan fingerprint density at radius 1 is 1.25 bits per heavy atom. The van der Waals surface area contributed by atoms with Gasteiger partial charge in [0.05, 0.1) is 15.0 Å². The van der Waals surface area contributed by atoms with E-state index < -0.39 is 4.92 Å². The summed E-state index contributed by atoms with van der Waals surface area (Å²) in [5.41, 5.74) is 0.363. The average Bonchev–Trinajstić information content (AvgIpc) is 2.41. The number of hydrogen-bond donors (Lipinski definition) is 0. The first-order chi connectivity index (χ1) is 9.40. The van der Waals surface area contributed by atoms with Gasteiger partial charge in [-0.15, -0.1) is 0 Å². The first-order valence-corrected chi connectivity index (χ1v) is 7.03. The zero-order chi connectivity index (χ0) is 14.9. The zero-order valence-corrected chi connectivity index (χ0v) is 12.4. The number of benzene rings is 1. The molecule has 1 saturated carbocycles. The topological polar surface area (TPSA) is 63.4 Å². The van der Waals surface area contributed by atoms with Gasteiger partial charge in [-0.25, -0.2) is 0 Å². The number of nitro groups is 1. The summed E-state index contributed by atoms with van der Waals surface area (Å²) in [6, 6.07) is 2.88. The third-order valence-electron chi connectivity index (χ3n) is 3.65. The van der Waals surface area contributed by atoms with Crippen LogP contribution in [0.2, 0.25) is 10.0 Å². The molecule has 0 spiro atoms. The Hall–Kier alpha value is -1.33. The predicted octanol–water partition coefficient (Wildman–Crippen LogP) is 3.85. The maximum atomic E-state index is 11.3. The van der Waals surface area contributed by atoms with Crippen molar-refractivity contribution in [1.29, 1.82) is 0 Å². The van der Waals surface area contributed by atoms with Crippen LogP contribution in [0.3, 0.4) is 0 Å². The van der Waals surface area contributed by atoms with E-state index in [1.807, 2.05) is 4.90 Å². The molecular formula is C13H14Cl2N2O3. The highest BCUT2D eigenvalue weighted by Gasteiger charge is 2.27. The van der Waals surface area contributed by atoms with Gasteiger partial charge in [0.25, 0.3) is 5.69 Å². The highest BCUT2D eigenvalue weighted by atomic mass is 35.5. The molecule has 0 saturated heterocycles. The van der Waals surface area contributed by atoms with Gasteiger partial charge in [-0.1, -0.05) is 23.2 Å². The third-order valence-corrected chi connectivity index (χ3v) is 4.38. The van der Waals surface area contributed by atoms with Crippen molar-refractivity contribution < 1.29 is 9.72 Å². The van der Waals surface area contributed by atoms with E-state index in [0.717, 1.165) is 0 Å². The smallest absolute Gasteiger partial charge is 0.294 e. The lowest BCUT2D eigenvalue weighted by Crippen LogP contribution is -2.35. The van der Waals surface area contributed by atoms with Gasteiger partial charge in [-0.05, 0) is 18.9 Å². The largest absolute Gasteiger partial charge is 0.366 e. The number of Topliss-reactive ketones (excluding diaryl/α,β-unsaturated/α-hetero) is 1. The second kappa shape index (κ2) is 5.97. The van der Waals surface area contributed by atoms with Crippen molar-refractivity contribution in [2.24, 2.45) is 0 Å². The first-order valence-electron chi connectivity index (χ1n) is 6.28. The maximum absolute atomic E-state index is 11.3. The summed E-state index contributed by atoms with van der Waals surface area (Å²) in [6.07, 6.45) is 2.44. The fourth-order valence-corrected chi connectivity index (χ4v) is 2.78. The molecule has 1 aliphatic rings. The summed E-state index contributed by atoms with van der Waals surface area (Å²) in [5, 5.41) is 11.6. The molecule has 2 rings (SSSR count). The van der Waals surface area contributed by atoms with Gasteiger partial charge in [0, 0.05) is 32.0 Å². The van der Waals surface area contributed by atoms with Gasteiger partial charge < -0.3 is 4.90 Å². The summed E-state index contributed by atoms with van der Waals surface area (Å²) >= 11 is 11.8. The van der Waals surface area contributed by atoms with E-state index in [0.29, 0.717) is 31.4 Å². The minimum absolute atomic E-state index is 0.0706. The van der Waals surface area contributed by atoms with Crippen LogP contribution in [0.4, 0.5) is 11.4 Å². The van der Waals surface area contributed by atoms with E-state index in [2.05, 4.69) is 0 Å². The van der Waals surface area contributed by atoms with Crippen LogP contribution in [0.5, 0.6) is 0 Å². The molecule has 0 N–H and O–H groups in total. The Labute approximate surface area is 126 Å². The third kappa shape index (κ3) is 3.04. The van der Waals surface area contributed by atoms with E-state index in [1.54, 1.807) is 7.05 Å². The van der Waals surface area contributed by atoms with Crippen LogP contribution in [-0.2, 0) is 4.79 Å². The van der Waals surface area contributed by atoms with Crippen LogP contribution < -0.4 is 4.90 Å². The van der Waals surface area contributed by atoms with E-state index in [9.17, 15) is 14.9 Å². The molecule has 7 heteroatoms. The monoisotopic (exact) mass is 316 g/mol. The van der Waals surface area contributed by atoms with Gasteiger partial charge in [0.2, 0.25) is 0 Å². The fraction of sp³-hybridized carbons (Fsp3) is 0.462. The Kier molecular flexibility index (Phi) is 4.50. The van der Waals surface area contributed by atoms with Gasteiger partial charge in [-0.2, -0.15) is 0 Å². The highest BCUT2D eigenvalue weighted by Crippen LogP contribution is 2.38. The molecule has 0 aliphatic heterocycles. The second-order valence-electron chi connectivity index (χ2n) is 4.89. The zero-order valence-electron chi connectivity index (χ0n) is 10.9. The predicted molar refractivity (Wildman–Crippen MR) is 78.8 cm³/mol. The van der Waals surface area contributed by atoms with Crippen molar-refractivity contribution in [3.05, 3.63) is 32.3 Å². The Morgan fingerprint density at radius 3 is 2.35 bits per heavy atom. The Bertz CT molecular complexity index is 553. The number of nitro benzene ring substituents is 1. The van der Waals surface area contributed by atoms with Crippen molar-refractivity contribution >= 4 is 40.4 Å². The molecule has 0 radical (unpaired) electrons. The molecular weight excluding hydrogens is 303 g/mol. The molecule has 0 aromatic heterocycles. The summed E-state index contributed by atoms with van der Waals surface area (Å²) < 4.78 is 0. The fourth-order valence-electron chi connectivity index (χ4n) is 2.46. The summed E-state index contributed by atoms with van der Waals surface area (Å²) in [6.45, 7) is 0. The lowest BCUT2D eigenvalue weighted by molar-refractivity contribution is -0.384. The second-order valence-corrected chi connectivity index (χ2v) is 5.71. The van der Waals surface area contributed by atoms with E-state index >= 15 is 0 Å². The van der Waals surface area contributed by atoms with Crippen molar-refractivity contribution in [3.63, 3.8) is 0 Å².